The standard InChI is InChI=1S/C28H43N5O11S/c1-5-22(34)30-16-20(17-31-23(35)6-2)44-18-24(36)29-8-10-42-12-13-43-11-9-33-26(38)15-21(27(33)39)45-14-7-25(37)32(4)19(3)28(40)41/h5-6,19-21H,1-2,7-18H2,3-4H3,(H,29,36)(H,30,34)(H,31,35)(H,40,41)/t19-,21?/m0/s1. The maximum absolute atomic E-state index is 12.6. The van der Waals surface area contributed by atoms with Gasteiger partial charge >= 0.3 is 5.97 Å². The molecule has 2 atom stereocenters. The average Bonchev–Trinajstić information content (AvgIpc) is 3.29. The Morgan fingerprint density at radius 3 is 2.20 bits per heavy atom. The van der Waals surface area contributed by atoms with Gasteiger partial charge in [-0.1, -0.05) is 13.2 Å². The number of thioether (sulfide) groups is 1. The summed E-state index contributed by atoms with van der Waals surface area (Å²) in [7, 11) is 1.41. The van der Waals surface area contributed by atoms with Crippen molar-refractivity contribution < 1.29 is 52.9 Å². The molecule has 1 aliphatic rings. The van der Waals surface area contributed by atoms with Gasteiger partial charge in [-0.3, -0.25) is 33.7 Å². The second-order valence-corrected chi connectivity index (χ2v) is 10.9. The molecule has 17 heteroatoms. The Morgan fingerprint density at radius 2 is 1.62 bits per heavy atom. The fraction of sp³-hybridized carbons (Fsp3) is 0.607. The van der Waals surface area contributed by atoms with E-state index in [-0.39, 0.29) is 95.5 Å². The number of carbonyl (C=O) groups excluding carboxylic acids is 6. The van der Waals surface area contributed by atoms with Crippen molar-refractivity contribution in [1.82, 2.24) is 25.8 Å². The monoisotopic (exact) mass is 657 g/mol. The molecule has 0 bridgehead atoms. The zero-order chi connectivity index (χ0) is 33.8. The molecule has 16 nitrogen and oxygen atoms in total. The van der Waals surface area contributed by atoms with Crippen molar-refractivity contribution in [2.75, 3.05) is 72.0 Å². The maximum atomic E-state index is 12.6. The number of rotatable bonds is 24. The normalized spacial score (nSPS) is 15.0. The molecule has 0 aromatic heterocycles. The number of carboxylic acids is 1. The van der Waals surface area contributed by atoms with Crippen molar-refractivity contribution in [2.45, 2.75) is 37.2 Å². The van der Waals surface area contributed by atoms with Gasteiger partial charge < -0.3 is 40.2 Å². The minimum Gasteiger partial charge on any atom is -0.480 e. The van der Waals surface area contributed by atoms with E-state index in [4.69, 9.17) is 19.3 Å². The molecule has 0 aromatic rings. The van der Waals surface area contributed by atoms with Gasteiger partial charge in [-0.2, -0.15) is 0 Å². The number of carbonyl (C=O) groups is 7. The highest BCUT2D eigenvalue weighted by molar-refractivity contribution is 8.00. The van der Waals surface area contributed by atoms with Gasteiger partial charge in [-0.05, 0) is 19.1 Å². The lowest BCUT2D eigenvalue weighted by Crippen LogP contribution is -2.42. The predicted octanol–water partition coefficient (Wildman–Crippen LogP) is -1.69. The molecule has 1 unspecified atom stereocenters. The highest BCUT2D eigenvalue weighted by Crippen LogP contribution is 2.25. The van der Waals surface area contributed by atoms with Crippen LogP contribution in [-0.4, -0.2) is 146 Å². The van der Waals surface area contributed by atoms with Crippen molar-refractivity contribution in [3.8, 4) is 0 Å². The number of likely N-dealkylation sites (N-methyl/N-ethyl adjacent to an activating group) is 1. The molecule has 1 saturated heterocycles. The number of aliphatic carboxylic acids is 1. The molecule has 6 amide bonds. The summed E-state index contributed by atoms with van der Waals surface area (Å²) in [5.41, 5.74) is 0. The van der Waals surface area contributed by atoms with Crippen LogP contribution in [0.15, 0.2) is 25.3 Å². The van der Waals surface area contributed by atoms with Crippen LogP contribution in [0.25, 0.3) is 0 Å². The zero-order valence-corrected chi connectivity index (χ0v) is 26.4. The van der Waals surface area contributed by atoms with E-state index in [1.165, 1.54) is 25.7 Å². The molecule has 0 saturated carbocycles. The van der Waals surface area contributed by atoms with E-state index in [2.05, 4.69) is 29.1 Å². The fourth-order valence-electron chi connectivity index (χ4n) is 3.61. The zero-order valence-electron chi connectivity index (χ0n) is 25.6. The Bertz CT molecular complexity index is 1050. The third-order valence-corrected chi connectivity index (χ3v) is 7.61. The highest BCUT2D eigenvalue weighted by atomic mass is 32.2. The Morgan fingerprint density at radius 1 is 1.02 bits per heavy atom. The van der Waals surface area contributed by atoms with E-state index >= 15 is 0 Å². The fourth-order valence-corrected chi connectivity index (χ4v) is 4.72. The summed E-state index contributed by atoms with van der Waals surface area (Å²) < 4.78 is 16.3. The van der Waals surface area contributed by atoms with Crippen LogP contribution in [0, 0.1) is 0 Å². The van der Waals surface area contributed by atoms with Gasteiger partial charge in [0.25, 0.3) is 0 Å². The number of nitrogens with one attached hydrogen (secondary N) is 3. The Balaban J connectivity index is 2.19. The molecule has 252 valence electrons. The van der Waals surface area contributed by atoms with E-state index in [9.17, 15) is 33.6 Å². The van der Waals surface area contributed by atoms with Gasteiger partial charge in [0, 0.05) is 45.3 Å². The number of nitrogens with zero attached hydrogens (tertiary/aromatic N) is 2. The van der Waals surface area contributed by atoms with Crippen LogP contribution in [0.3, 0.4) is 0 Å². The molecular weight excluding hydrogens is 614 g/mol. The van der Waals surface area contributed by atoms with Crippen LogP contribution in [0.5, 0.6) is 0 Å². The molecule has 0 spiro atoms. The van der Waals surface area contributed by atoms with Gasteiger partial charge in [0.15, 0.2) is 0 Å². The quantitative estimate of drug-likeness (QED) is 0.0521. The molecule has 0 radical (unpaired) electrons. The lowest BCUT2D eigenvalue weighted by Gasteiger charge is -2.21. The second kappa shape index (κ2) is 21.8. The van der Waals surface area contributed by atoms with Crippen molar-refractivity contribution in [3.63, 3.8) is 0 Å². The summed E-state index contributed by atoms with van der Waals surface area (Å²) in [6, 6.07) is -0.958. The van der Waals surface area contributed by atoms with E-state index < -0.39 is 41.1 Å². The summed E-state index contributed by atoms with van der Waals surface area (Å²) in [6.07, 6.45) is 1.59. The third kappa shape index (κ3) is 15.7. The van der Waals surface area contributed by atoms with Gasteiger partial charge in [-0.15, -0.1) is 11.8 Å². The first kappa shape index (κ1) is 39.2. The summed E-state index contributed by atoms with van der Waals surface area (Å²) in [5, 5.41) is 16.1. The molecular formula is C28H43N5O11S. The first-order valence-corrected chi connectivity index (χ1v) is 15.2. The number of hydrogen-bond donors (Lipinski definition) is 4. The van der Waals surface area contributed by atoms with Gasteiger partial charge in [-0.25, -0.2) is 4.79 Å². The Kier molecular flexibility index (Phi) is 19.0. The molecule has 0 aliphatic carbocycles. The summed E-state index contributed by atoms with van der Waals surface area (Å²) >= 11 is 1.19. The van der Waals surface area contributed by atoms with Crippen molar-refractivity contribution in [3.05, 3.63) is 25.3 Å². The number of ether oxygens (including phenoxy) is 3. The van der Waals surface area contributed by atoms with E-state index in [0.29, 0.717) is 0 Å². The Labute approximate surface area is 266 Å². The molecule has 0 aromatic carbocycles. The van der Waals surface area contributed by atoms with Crippen LogP contribution in [0.2, 0.25) is 0 Å². The van der Waals surface area contributed by atoms with E-state index in [0.717, 1.165) is 22.0 Å². The largest absolute Gasteiger partial charge is 0.480 e. The van der Waals surface area contributed by atoms with E-state index in [1.807, 2.05) is 0 Å². The highest BCUT2D eigenvalue weighted by Gasteiger charge is 2.38. The summed E-state index contributed by atoms with van der Waals surface area (Å²) in [5.74, 6) is -3.14. The Hall–Kier alpha value is -3.80. The molecule has 1 fully saturated rings. The predicted molar refractivity (Wildman–Crippen MR) is 163 cm³/mol. The second-order valence-electron chi connectivity index (χ2n) is 9.62. The average molecular weight is 658 g/mol. The topological polar surface area (TPSA) is 210 Å². The van der Waals surface area contributed by atoms with E-state index in [1.54, 1.807) is 0 Å². The smallest absolute Gasteiger partial charge is 0.326 e. The molecule has 1 aliphatic heterocycles. The van der Waals surface area contributed by atoms with Crippen LogP contribution >= 0.6 is 11.8 Å². The maximum Gasteiger partial charge on any atom is 0.326 e. The van der Waals surface area contributed by atoms with Crippen LogP contribution in [0.4, 0.5) is 0 Å². The number of hydrogen-bond acceptors (Lipinski definition) is 11. The number of carboxylic acid groups (broad SMARTS) is 1. The van der Waals surface area contributed by atoms with Crippen LogP contribution in [0.1, 0.15) is 19.8 Å². The first-order chi connectivity index (χ1) is 21.4. The third-order valence-electron chi connectivity index (χ3n) is 6.40. The number of amides is 6. The SMILES string of the molecule is C=CC(=O)NCC(CNC(=O)C=C)OCC(=O)NCCOCCOCCN1C(=O)CC(SCCC(=O)N(C)[C@@H](C)C(=O)O)C1=O. The molecule has 45 heavy (non-hydrogen) atoms. The summed E-state index contributed by atoms with van der Waals surface area (Å²) in [4.78, 5) is 85.1. The van der Waals surface area contributed by atoms with Gasteiger partial charge in [0.1, 0.15) is 12.6 Å². The van der Waals surface area contributed by atoms with Crippen LogP contribution < -0.4 is 16.0 Å². The lowest BCUT2D eigenvalue weighted by atomic mass is 10.3. The number of imide groups is 1. The van der Waals surface area contributed by atoms with Gasteiger partial charge in [0.2, 0.25) is 35.4 Å². The first-order valence-electron chi connectivity index (χ1n) is 14.2. The van der Waals surface area contributed by atoms with Gasteiger partial charge in [0.05, 0.1) is 44.3 Å². The molecule has 4 N–H and O–H groups in total. The molecule has 1 heterocycles. The van der Waals surface area contributed by atoms with Crippen LogP contribution in [-0.2, 0) is 47.8 Å². The summed E-state index contributed by atoms with van der Waals surface area (Å²) in [6.45, 7) is 8.90. The minimum atomic E-state index is -1.11. The van der Waals surface area contributed by atoms with Crippen molar-refractivity contribution >= 4 is 53.2 Å². The van der Waals surface area contributed by atoms with Crippen molar-refractivity contribution in [1.29, 1.82) is 0 Å². The number of likely N-dealkylation sites (tertiary alicyclic amines) is 1. The van der Waals surface area contributed by atoms with Crippen molar-refractivity contribution in [2.24, 2.45) is 0 Å². The molecule has 1 rings (SSSR count). The lowest BCUT2D eigenvalue weighted by molar-refractivity contribution is -0.148. The minimum absolute atomic E-state index is 0.0251.